The number of aryl methyl sites for hydroxylation is 1. The average molecular weight is 371 g/mol. The van der Waals surface area contributed by atoms with Gasteiger partial charge in [-0.05, 0) is 25.5 Å². The van der Waals surface area contributed by atoms with Crippen LogP contribution in [0.4, 0.5) is 0 Å². The number of benzene rings is 2. The van der Waals surface area contributed by atoms with Gasteiger partial charge in [-0.15, -0.1) is 11.3 Å². The van der Waals surface area contributed by atoms with E-state index in [1.807, 2.05) is 73.3 Å². The van der Waals surface area contributed by atoms with Gasteiger partial charge in [0.2, 0.25) is 0 Å². The molecule has 3 nitrogen and oxygen atoms in total. The number of hydrogen-bond donors (Lipinski definition) is 0. The maximum atomic E-state index is 13.0. The normalized spacial score (nSPS) is 10.7. The number of nitrogens with zero attached hydrogens (tertiary/aromatic N) is 2. The number of thiazole rings is 1. The molecule has 0 aliphatic rings. The summed E-state index contributed by atoms with van der Waals surface area (Å²) in [7, 11) is 0. The zero-order valence-corrected chi connectivity index (χ0v) is 15.8. The number of rotatable bonds is 5. The molecule has 5 heteroatoms. The Balaban J connectivity index is 1.88. The Morgan fingerprint density at radius 2 is 1.80 bits per heavy atom. The quantitative estimate of drug-likeness (QED) is 0.599. The molecule has 2 aromatic carbocycles. The number of carbonyl (C=O) groups is 1. The largest absolute Gasteiger partial charge is 0.334 e. The predicted octanol–water partition coefficient (Wildman–Crippen LogP) is 5.43. The first-order valence-corrected chi connectivity index (χ1v) is 9.35. The van der Waals surface area contributed by atoms with Crippen LogP contribution in [0.5, 0.6) is 0 Å². The van der Waals surface area contributed by atoms with Crippen LogP contribution in [0, 0.1) is 6.92 Å². The molecule has 1 heterocycles. The summed E-state index contributed by atoms with van der Waals surface area (Å²) in [6.07, 6.45) is 0. The fourth-order valence-corrected chi connectivity index (χ4v) is 3.97. The van der Waals surface area contributed by atoms with Gasteiger partial charge in [0.25, 0.3) is 5.91 Å². The molecule has 3 rings (SSSR count). The first-order chi connectivity index (χ1) is 12.1. The van der Waals surface area contributed by atoms with Crippen LogP contribution in [0.25, 0.3) is 10.6 Å². The lowest BCUT2D eigenvalue weighted by molar-refractivity contribution is 0.0756. The molecule has 0 bridgehead atoms. The summed E-state index contributed by atoms with van der Waals surface area (Å²) in [6.45, 7) is 5.11. The Labute approximate surface area is 156 Å². The standard InChI is InChI=1S/C20H19ClN2OS/c1-3-23(13-15-9-5-4-6-10-15)20(24)18-14(2)22-19(25-18)16-11-7-8-12-17(16)21/h4-12H,3,13H2,1-2H3. The molecule has 0 saturated carbocycles. The van der Waals surface area contributed by atoms with Gasteiger partial charge in [0.05, 0.1) is 10.7 Å². The van der Waals surface area contributed by atoms with E-state index in [-0.39, 0.29) is 5.91 Å². The van der Waals surface area contributed by atoms with Crippen LogP contribution in [0.15, 0.2) is 54.6 Å². The van der Waals surface area contributed by atoms with Crippen molar-refractivity contribution in [3.63, 3.8) is 0 Å². The maximum absolute atomic E-state index is 13.0. The van der Waals surface area contributed by atoms with E-state index in [1.165, 1.54) is 11.3 Å². The lowest BCUT2D eigenvalue weighted by Crippen LogP contribution is -2.30. The van der Waals surface area contributed by atoms with Crippen LogP contribution in [-0.4, -0.2) is 22.3 Å². The van der Waals surface area contributed by atoms with Gasteiger partial charge in [-0.3, -0.25) is 4.79 Å². The Hall–Kier alpha value is -2.17. The van der Waals surface area contributed by atoms with Crippen LogP contribution in [0.1, 0.15) is 27.9 Å². The Kier molecular flexibility index (Phi) is 5.51. The summed E-state index contributed by atoms with van der Waals surface area (Å²) in [5.74, 6) is 0.0136. The molecule has 0 fully saturated rings. The molecule has 0 radical (unpaired) electrons. The fraction of sp³-hybridized carbons (Fsp3) is 0.200. The first-order valence-electron chi connectivity index (χ1n) is 8.15. The van der Waals surface area contributed by atoms with Crippen molar-refractivity contribution in [3.05, 3.63) is 75.8 Å². The number of halogens is 1. The van der Waals surface area contributed by atoms with E-state index in [2.05, 4.69) is 4.98 Å². The Morgan fingerprint density at radius 1 is 1.12 bits per heavy atom. The van der Waals surface area contributed by atoms with Crippen molar-refractivity contribution in [3.8, 4) is 10.6 Å². The van der Waals surface area contributed by atoms with Crippen molar-refractivity contribution >= 4 is 28.8 Å². The molecule has 128 valence electrons. The van der Waals surface area contributed by atoms with Gasteiger partial charge < -0.3 is 4.90 Å². The van der Waals surface area contributed by atoms with Gasteiger partial charge in [0.15, 0.2) is 0 Å². The molecule has 0 aliphatic heterocycles. The molecule has 1 amide bonds. The van der Waals surface area contributed by atoms with Gasteiger partial charge in [-0.1, -0.05) is 60.1 Å². The van der Waals surface area contributed by atoms with Crippen LogP contribution in [0.3, 0.4) is 0 Å². The van der Waals surface area contributed by atoms with E-state index in [4.69, 9.17) is 11.6 Å². The van der Waals surface area contributed by atoms with Crippen molar-refractivity contribution in [1.29, 1.82) is 0 Å². The summed E-state index contributed by atoms with van der Waals surface area (Å²) in [6, 6.07) is 17.6. The van der Waals surface area contributed by atoms with E-state index < -0.39 is 0 Å². The Morgan fingerprint density at radius 3 is 2.48 bits per heavy atom. The van der Waals surface area contributed by atoms with E-state index in [0.29, 0.717) is 23.0 Å². The molecular formula is C20H19ClN2OS. The van der Waals surface area contributed by atoms with Crippen molar-refractivity contribution in [2.24, 2.45) is 0 Å². The topological polar surface area (TPSA) is 33.2 Å². The molecule has 1 aromatic heterocycles. The number of aromatic nitrogens is 1. The van der Waals surface area contributed by atoms with Crippen molar-refractivity contribution < 1.29 is 4.79 Å². The highest BCUT2D eigenvalue weighted by atomic mass is 35.5. The molecule has 0 atom stereocenters. The van der Waals surface area contributed by atoms with Crippen molar-refractivity contribution in [2.45, 2.75) is 20.4 Å². The summed E-state index contributed by atoms with van der Waals surface area (Å²) in [5, 5.41) is 1.43. The molecule has 25 heavy (non-hydrogen) atoms. The summed E-state index contributed by atoms with van der Waals surface area (Å²) in [4.78, 5) is 20.1. The highest BCUT2D eigenvalue weighted by Crippen LogP contribution is 2.33. The van der Waals surface area contributed by atoms with Crippen molar-refractivity contribution in [1.82, 2.24) is 9.88 Å². The van der Waals surface area contributed by atoms with Gasteiger partial charge >= 0.3 is 0 Å². The maximum Gasteiger partial charge on any atom is 0.266 e. The van der Waals surface area contributed by atoms with Crippen LogP contribution in [-0.2, 0) is 6.54 Å². The fourth-order valence-electron chi connectivity index (χ4n) is 2.62. The van der Waals surface area contributed by atoms with Crippen LogP contribution in [0.2, 0.25) is 5.02 Å². The smallest absolute Gasteiger partial charge is 0.266 e. The molecule has 0 N–H and O–H groups in total. The van der Waals surface area contributed by atoms with E-state index in [0.717, 1.165) is 21.8 Å². The van der Waals surface area contributed by atoms with E-state index >= 15 is 0 Å². The monoisotopic (exact) mass is 370 g/mol. The molecule has 0 unspecified atom stereocenters. The highest BCUT2D eigenvalue weighted by Gasteiger charge is 2.21. The minimum Gasteiger partial charge on any atom is -0.334 e. The molecule has 0 aliphatic carbocycles. The number of carbonyl (C=O) groups excluding carboxylic acids is 1. The third-order valence-electron chi connectivity index (χ3n) is 3.98. The lowest BCUT2D eigenvalue weighted by atomic mass is 10.2. The average Bonchev–Trinajstić information content (AvgIpc) is 3.02. The second-order valence-electron chi connectivity index (χ2n) is 5.72. The molecule has 0 spiro atoms. The molecular weight excluding hydrogens is 352 g/mol. The van der Waals surface area contributed by atoms with E-state index in [1.54, 1.807) is 0 Å². The van der Waals surface area contributed by atoms with Gasteiger partial charge in [0, 0.05) is 18.7 Å². The van der Waals surface area contributed by atoms with E-state index in [9.17, 15) is 4.79 Å². The summed E-state index contributed by atoms with van der Waals surface area (Å²) in [5.41, 5.74) is 2.73. The lowest BCUT2D eigenvalue weighted by Gasteiger charge is -2.20. The summed E-state index contributed by atoms with van der Waals surface area (Å²) >= 11 is 7.67. The second kappa shape index (κ2) is 7.81. The third kappa shape index (κ3) is 3.91. The minimum absolute atomic E-state index is 0.0136. The zero-order valence-electron chi connectivity index (χ0n) is 14.2. The molecule has 3 aromatic rings. The predicted molar refractivity (Wildman–Crippen MR) is 104 cm³/mol. The van der Waals surface area contributed by atoms with Gasteiger partial charge in [0.1, 0.15) is 9.88 Å². The zero-order chi connectivity index (χ0) is 17.8. The van der Waals surface area contributed by atoms with Crippen molar-refractivity contribution in [2.75, 3.05) is 6.54 Å². The summed E-state index contributed by atoms with van der Waals surface area (Å²) < 4.78 is 0. The number of hydrogen-bond acceptors (Lipinski definition) is 3. The van der Waals surface area contributed by atoms with Crippen LogP contribution < -0.4 is 0 Å². The SMILES string of the molecule is CCN(Cc1ccccc1)C(=O)c1sc(-c2ccccc2Cl)nc1C. The van der Waals surface area contributed by atoms with Gasteiger partial charge in [-0.25, -0.2) is 4.98 Å². The highest BCUT2D eigenvalue weighted by molar-refractivity contribution is 7.17. The van der Waals surface area contributed by atoms with Crippen LogP contribution >= 0.6 is 22.9 Å². The minimum atomic E-state index is 0.0136. The first kappa shape index (κ1) is 17.6. The molecule has 0 saturated heterocycles. The number of amides is 1. The Bertz CT molecular complexity index is 876. The van der Waals surface area contributed by atoms with Gasteiger partial charge in [-0.2, -0.15) is 0 Å². The third-order valence-corrected chi connectivity index (χ3v) is 5.49. The second-order valence-corrected chi connectivity index (χ2v) is 7.12.